The highest BCUT2D eigenvalue weighted by molar-refractivity contribution is 5.95. The zero-order valence-electron chi connectivity index (χ0n) is 15.0. The van der Waals surface area contributed by atoms with Gasteiger partial charge in [-0.3, -0.25) is 9.78 Å². The van der Waals surface area contributed by atoms with Gasteiger partial charge < -0.3 is 19.9 Å². The summed E-state index contributed by atoms with van der Waals surface area (Å²) in [5, 5.41) is 12.8. The summed E-state index contributed by atoms with van der Waals surface area (Å²) in [4.78, 5) is 16.8. The first-order valence-corrected chi connectivity index (χ1v) is 8.70. The van der Waals surface area contributed by atoms with Gasteiger partial charge in [0.2, 0.25) is 0 Å². The molecule has 1 aromatic heterocycles. The first-order chi connectivity index (χ1) is 12.6. The largest absolute Gasteiger partial charge is 0.497 e. The molecule has 0 aliphatic heterocycles. The summed E-state index contributed by atoms with van der Waals surface area (Å²) in [7, 11) is 3.11. The van der Waals surface area contributed by atoms with Gasteiger partial charge in [-0.2, -0.15) is 0 Å². The second kappa shape index (κ2) is 8.19. The van der Waals surface area contributed by atoms with Crippen molar-refractivity contribution in [1.82, 2.24) is 10.3 Å². The summed E-state index contributed by atoms with van der Waals surface area (Å²) in [6.07, 6.45) is 5.34. The third-order valence-corrected chi connectivity index (χ3v) is 4.85. The number of nitrogens with one attached hydrogen (secondary N) is 1. The van der Waals surface area contributed by atoms with Crippen molar-refractivity contribution < 1.29 is 19.4 Å². The topological polar surface area (TPSA) is 80.7 Å². The summed E-state index contributed by atoms with van der Waals surface area (Å²) in [6, 6.07) is 8.96. The maximum Gasteiger partial charge on any atom is 0.251 e. The van der Waals surface area contributed by atoms with Gasteiger partial charge in [0.1, 0.15) is 11.5 Å². The molecule has 0 unspecified atom stereocenters. The van der Waals surface area contributed by atoms with Crippen LogP contribution in [-0.4, -0.2) is 42.4 Å². The van der Waals surface area contributed by atoms with Crippen LogP contribution in [0, 0.1) is 5.92 Å². The van der Waals surface area contributed by atoms with Crippen LogP contribution in [0.15, 0.2) is 42.7 Å². The fourth-order valence-electron chi connectivity index (χ4n) is 3.26. The van der Waals surface area contributed by atoms with Crippen molar-refractivity contribution in [2.45, 2.75) is 31.4 Å². The molecule has 1 fully saturated rings. The van der Waals surface area contributed by atoms with E-state index in [-0.39, 0.29) is 24.0 Å². The van der Waals surface area contributed by atoms with Crippen LogP contribution in [0.2, 0.25) is 0 Å². The minimum Gasteiger partial charge on any atom is -0.497 e. The molecule has 0 spiro atoms. The average molecular weight is 356 g/mol. The normalized spacial score (nSPS) is 20.0. The maximum atomic E-state index is 12.8. The standard InChI is InChI=1S/C20H24N2O4/c1-25-17-10-15(11-18(12-17)26-2)20(24)22-19(14-8-16(23)9-14)7-13-3-5-21-6-4-13/h3-6,10-12,14,16,19,23H,7-9H2,1-2H3,(H,22,24)/t14?,16?,19-/m0/s1. The van der Waals surface area contributed by atoms with E-state index >= 15 is 0 Å². The molecule has 138 valence electrons. The Bertz CT molecular complexity index is 722. The van der Waals surface area contributed by atoms with Crippen molar-refractivity contribution in [2.24, 2.45) is 5.92 Å². The zero-order valence-corrected chi connectivity index (χ0v) is 15.0. The summed E-state index contributed by atoms with van der Waals surface area (Å²) < 4.78 is 10.5. The number of carbonyl (C=O) groups is 1. The quantitative estimate of drug-likeness (QED) is 0.795. The third-order valence-electron chi connectivity index (χ3n) is 4.85. The molecule has 0 bridgehead atoms. The summed E-state index contributed by atoms with van der Waals surface area (Å²) in [6.45, 7) is 0. The van der Waals surface area contributed by atoms with E-state index in [0.29, 0.717) is 36.3 Å². The van der Waals surface area contributed by atoms with Gasteiger partial charge >= 0.3 is 0 Å². The Kier molecular flexibility index (Phi) is 5.73. The lowest BCUT2D eigenvalue weighted by atomic mass is 9.75. The van der Waals surface area contributed by atoms with Crippen LogP contribution in [0.3, 0.4) is 0 Å². The third kappa shape index (κ3) is 4.32. The van der Waals surface area contributed by atoms with Crippen molar-refractivity contribution in [3.63, 3.8) is 0 Å². The summed E-state index contributed by atoms with van der Waals surface area (Å²) in [5.41, 5.74) is 1.59. The minimum atomic E-state index is -0.270. The first-order valence-electron chi connectivity index (χ1n) is 8.70. The molecule has 6 nitrogen and oxygen atoms in total. The first kappa shape index (κ1) is 18.2. The number of pyridine rings is 1. The van der Waals surface area contributed by atoms with Gasteiger partial charge in [0.05, 0.1) is 20.3 Å². The number of aliphatic hydroxyl groups excluding tert-OH is 1. The van der Waals surface area contributed by atoms with Crippen molar-refractivity contribution in [3.8, 4) is 11.5 Å². The molecule has 6 heteroatoms. The molecule has 2 N–H and O–H groups in total. The van der Waals surface area contributed by atoms with E-state index in [1.807, 2.05) is 12.1 Å². The number of carbonyl (C=O) groups excluding carboxylic acids is 1. The van der Waals surface area contributed by atoms with E-state index in [9.17, 15) is 9.90 Å². The highest BCUT2D eigenvalue weighted by atomic mass is 16.5. The predicted octanol–water partition coefficient (Wildman–Crippen LogP) is 2.21. The smallest absolute Gasteiger partial charge is 0.251 e. The number of aliphatic hydroxyl groups is 1. The lowest BCUT2D eigenvalue weighted by Gasteiger charge is -2.38. The Labute approximate surface area is 153 Å². The monoisotopic (exact) mass is 356 g/mol. The summed E-state index contributed by atoms with van der Waals surface area (Å²) >= 11 is 0. The van der Waals surface area contributed by atoms with Crippen molar-refractivity contribution in [3.05, 3.63) is 53.9 Å². The van der Waals surface area contributed by atoms with Crippen LogP contribution in [0.4, 0.5) is 0 Å². The van der Waals surface area contributed by atoms with Gasteiger partial charge in [-0.15, -0.1) is 0 Å². The number of ether oxygens (including phenoxy) is 2. The molecular weight excluding hydrogens is 332 g/mol. The second-order valence-electron chi connectivity index (χ2n) is 6.63. The van der Waals surface area contributed by atoms with Gasteiger partial charge in [-0.05, 0) is 55.0 Å². The Morgan fingerprint density at radius 1 is 1.19 bits per heavy atom. The highest BCUT2D eigenvalue weighted by Gasteiger charge is 2.35. The molecular formula is C20H24N2O4. The Balaban J connectivity index is 1.76. The van der Waals surface area contributed by atoms with Crippen LogP contribution in [-0.2, 0) is 6.42 Å². The van der Waals surface area contributed by atoms with Gasteiger partial charge in [0.15, 0.2) is 0 Å². The Morgan fingerprint density at radius 2 is 1.81 bits per heavy atom. The average Bonchev–Trinajstić information content (AvgIpc) is 2.65. The molecule has 1 aliphatic rings. The molecule has 26 heavy (non-hydrogen) atoms. The number of benzene rings is 1. The van der Waals surface area contributed by atoms with E-state index < -0.39 is 0 Å². The Morgan fingerprint density at radius 3 is 2.35 bits per heavy atom. The zero-order chi connectivity index (χ0) is 18.5. The summed E-state index contributed by atoms with van der Waals surface area (Å²) in [5.74, 6) is 1.22. The van der Waals surface area contributed by atoms with Crippen LogP contribution in [0.1, 0.15) is 28.8 Å². The van der Waals surface area contributed by atoms with E-state index in [1.54, 1.807) is 44.8 Å². The van der Waals surface area contributed by atoms with Crippen molar-refractivity contribution >= 4 is 5.91 Å². The maximum absolute atomic E-state index is 12.8. The number of nitrogens with zero attached hydrogens (tertiary/aromatic N) is 1. The van der Waals surface area contributed by atoms with E-state index in [2.05, 4.69) is 10.3 Å². The number of aromatic nitrogens is 1. The minimum absolute atomic E-state index is 0.0505. The van der Waals surface area contributed by atoms with Gasteiger partial charge in [0, 0.05) is 30.1 Å². The van der Waals surface area contributed by atoms with E-state index in [4.69, 9.17) is 9.47 Å². The molecule has 0 saturated heterocycles. The molecule has 1 amide bonds. The molecule has 1 atom stereocenters. The number of hydrogen-bond donors (Lipinski definition) is 2. The van der Waals surface area contributed by atoms with Crippen molar-refractivity contribution in [1.29, 1.82) is 0 Å². The number of hydrogen-bond acceptors (Lipinski definition) is 5. The van der Waals surface area contributed by atoms with Crippen LogP contribution < -0.4 is 14.8 Å². The molecule has 1 heterocycles. The van der Waals surface area contributed by atoms with E-state index in [0.717, 1.165) is 5.56 Å². The molecule has 1 aromatic carbocycles. The molecule has 1 aliphatic carbocycles. The van der Waals surface area contributed by atoms with Crippen LogP contribution in [0.5, 0.6) is 11.5 Å². The SMILES string of the molecule is COc1cc(OC)cc(C(=O)N[C@@H](Cc2ccncc2)C2CC(O)C2)c1. The fourth-order valence-corrected chi connectivity index (χ4v) is 3.26. The fraction of sp³-hybridized carbons (Fsp3) is 0.400. The molecule has 3 rings (SSSR count). The number of amides is 1. The lowest BCUT2D eigenvalue weighted by Crippen LogP contribution is -2.48. The number of rotatable bonds is 7. The van der Waals surface area contributed by atoms with Crippen molar-refractivity contribution in [2.75, 3.05) is 14.2 Å². The molecule has 2 aromatic rings. The predicted molar refractivity (Wildman–Crippen MR) is 97.5 cm³/mol. The van der Waals surface area contributed by atoms with Crippen LogP contribution in [0.25, 0.3) is 0 Å². The van der Waals surface area contributed by atoms with Gasteiger partial charge in [0.25, 0.3) is 5.91 Å². The molecule has 1 saturated carbocycles. The van der Waals surface area contributed by atoms with Gasteiger partial charge in [-0.25, -0.2) is 0 Å². The highest BCUT2D eigenvalue weighted by Crippen LogP contribution is 2.32. The van der Waals surface area contributed by atoms with E-state index in [1.165, 1.54) is 0 Å². The number of methoxy groups -OCH3 is 2. The molecule has 0 radical (unpaired) electrons. The Hall–Kier alpha value is -2.60. The van der Waals surface area contributed by atoms with Gasteiger partial charge in [-0.1, -0.05) is 0 Å². The second-order valence-corrected chi connectivity index (χ2v) is 6.63. The van der Waals surface area contributed by atoms with Crippen LogP contribution >= 0.6 is 0 Å². The lowest BCUT2D eigenvalue weighted by molar-refractivity contribution is 0.0239.